The molecule has 34 nitrogen and oxygen atoms in total. The number of ether oxygens (including phenoxy) is 1. The van der Waals surface area contributed by atoms with Gasteiger partial charge >= 0.3 is 0 Å². The Labute approximate surface area is 611 Å². The second-order valence-electron chi connectivity index (χ2n) is 26.1. The van der Waals surface area contributed by atoms with Crippen molar-refractivity contribution in [3.8, 4) is 17.2 Å². The molecule has 0 saturated carbocycles. The van der Waals surface area contributed by atoms with Gasteiger partial charge in [-0.05, 0) is 145 Å². The molecule has 0 fully saturated rings. The number of nitrogens with one attached hydrogen (secondary N) is 16. The number of benzene rings is 4. The van der Waals surface area contributed by atoms with Gasteiger partial charge in [-0.1, -0.05) is 25.1 Å². The number of hydrogen-bond acceptors (Lipinski definition) is 22. The van der Waals surface area contributed by atoms with Crippen LogP contribution in [0.1, 0.15) is 101 Å². The maximum absolute atomic E-state index is 11.8. The van der Waals surface area contributed by atoms with Gasteiger partial charge in [0.1, 0.15) is 58.8 Å². The molecule has 0 aliphatic rings. The Morgan fingerprint density at radius 3 is 1.35 bits per heavy atom. The average molecular weight is 1450 g/mol. The first-order valence-corrected chi connectivity index (χ1v) is 34.2. The third-order valence-corrected chi connectivity index (χ3v) is 17.1. The number of fused-ring (bicyclic) bond motifs is 4. The van der Waals surface area contributed by atoms with Crippen molar-refractivity contribution >= 4 is 90.2 Å². The molecular weight excluding hydrogens is 1380 g/mol. The van der Waals surface area contributed by atoms with Gasteiger partial charge in [0, 0.05) is 107 Å². The van der Waals surface area contributed by atoms with Crippen molar-refractivity contribution in [2.45, 2.75) is 93.6 Å². The minimum Gasteiger partial charge on any atom is -0.486 e. The van der Waals surface area contributed by atoms with Crippen LogP contribution in [0.25, 0.3) is 55.1 Å². The van der Waals surface area contributed by atoms with Crippen LogP contribution < -0.4 is 48.2 Å². The lowest BCUT2D eigenvalue weighted by molar-refractivity contribution is 0.296. The first-order valence-electron chi connectivity index (χ1n) is 34.2. The number of hydrogen-bond donors (Lipinski definition) is 16. The molecule has 13 aromatic heterocycles. The van der Waals surface area contributed by atoms with E-state index in [1.54, 1.807) is 24.5 Å². The van der Waals surface area contributed by atoms with E-state index in [-0.39, 0.29) is 28.8 Å². The number of aromatic nitrogens is 24. The van der Waals surface area contributed by atoms with Crippen LogP contribution in [-0.4, -0.2) is 121 Å². The van der Waals surface area contributed by atoms with Crippen molar-refractivity contribution in [3.05, 3.63) is 261 Å². The highest BCUT2D eigenvalue weighted by atomic mass is 16.5. The second-order valence-corrected chi connectivity index (χ2v) is 26.1. The normalized spacial score (nSPS) is 11.3. The molecule has 17 rings (SSSR count). The van der Waals surface area contributed by atoms with Crippen LogP contribution >= 0.6 is 0 Å². The second kappa shape index (κ2) is 30.4. The van der Waals surface area contributed by atoms with Crippen LogP contribution in [0.3, 0.4) is 0 Å². The zero-order chi connectivity index (χ0) is 75.2. The molecule has 13 heterocycles. The van der Waals surface area contributed by atoms with Crippen LogP contribution in [0.15, 0.2) is 163 Å². The van der Waals surface area contributed by atoms with Gasteiger partial charge in [-0.15, -0.1) is 0 Å². The lowest BCUT2D eigenvalue weighted by Crippen LogP contribution is -2.23. The third-order valence-electron chi connectivity index (χ3n) is 17.1. The summed E-state index contributed by atoms with van der Waals surface area (Å²) in [4.78, 5) is 83.3. The molecule has 0 aliphatic carbocycles. The van der Waals surface area contributed by atoms with Crippen LogP contribution in [0, 0.1) is 41.5 Å². The summed E-state index contributed by atoms with van der Waals surface area (Å²) in [5.74, 6) is 9.31. The fourth-order valence-electron chi connectivity index (χ4n) is 11.8. The number of aromatic amines is 12. The Hall–Kier alpha value is -14.6. The highest BCUT2D eigenvalue weighted by Gasteiger charge is 2.29. The van der Waals surface area contributed by atoms with Gasteiger partial charge in [-0.2, -0.15) is 20.4 Å². The van der Waals surface area contributed by atoms with Crippen molar-refractivity contribution < 1.29 is 9.15 Å². The lowest BCUT2D eigenvalue weighted by Gasteiger charge is -2.25. The van der Waals surface area contributed by atoms with Gasteiger partial charge in [0.25, 0.3) is 22.2 Å². The van der Waals surface area contributed by atoms with Gasteiger partial charge in [-0.3, -0.25) is 80.4 Å². The van der Waals surface area contributed by atoms with E-state index in [0.717, 1.165) is 90.7 Å². The third kappa shape index (κ3) is 16.7. The molecule has 0 bridgehead atoms. The highest BCUT2D eigenvalue weighted by Crippen LogP contribution is 2.33. The van der Waals surface area contributed by atoms with E-state index in [1.807, 2.05) is 157 Å². The zero-order valence-corrected chi connectivity index (χ0v) is 59.9. The summed E-state index contributed by atoms with van der Waals surface area (Å²) in [6.07, 6.45) is 3.54. The Bertz CT molecular complexity index is 6110. The van der Waals surface area contributed by atoms with Crippen LogP contribution in [0.4, 0.5) is 46.5 Å². The SMILES string of the molecule is CCc1cc(Nc2cc(C)[nH]n2)nc(C(C)(C)c2ccc3c(=O)[nH][nH]c3c2)n1.Cc1cc(Nc2cc(-c3ccco3)[nH]n2)nc(COc2ccc3[nH][nH]c(=O)c3c2)n1.Cc1cc(Nc2cc(C)[nH]n2)nc(Cc2ccc3c(=O)[nH][nH]c3c2)n1.Cc1cc(Nc2cc(C)[nH]n2)nc(Cc2ccc3c(=O)[nH][nH]c3c2)n1. The van der Waals surface area contributed by atoms with E-state index in [1.165, 1.54) is 0 Å². The van der Waals surface area contributed by atoms with E-state index in [2.05, 4.69) is 154 Å². The summed E-state index contributed by atoms with van der Waals surface area (Å²) in [6, 6.07) is 41.1. The van der Waals surface area contributed by atoms with E-state index >= 15 is 0 Å². The molecule has 17 aromatic rings. The van der Waals surface area contributed by atoms with E-state index in [0.29, 0.717) is 116 Å². The maximum Gasteiger partial charge on any atom is 0.271 e. The molecule has 0 spiro atoms. The topological polar surface area (TPSA) is 483 Å². The van der Waals surface area contributed by atoms with Gasteiger partial charge in [0.15, 0.2) is 34.9 Å². The fraction of sp³-hybridized carbons (Fsp3) is 0.189. The van der Waals surface area contributed by atoms with Crippen molar-refractivity contribution in [3.63, 3.8) is 0 Å². The van der Waals surface area contributed by atoms with Crippen LogP contribution in [0.2, 0.25) is 0 Å². The quantitative estimate of drug-likeness (QED) is 0.0357. The minimum atomic E-state index is -0.453. The van der Waals surface area contributed by atoms with Gasteiger partial charge in [0.2, 0.25) is 0 Å². The first-order chi connectivity index (χ1) is 52.1. The Morgan fingerprint density at radius 2 is 0.861 bits per heavy atom. The molecule has 0 amide bonds. The number of aryl methyl sites for hydroxylation is 7. The largest absolute Gasteiger partial charge is 0.486 e. The number of anilines is 8. The number of H-pyrrole nitrogens is 12. The molecule has 4 aromatic carbocycles. The summed E-state index contributed by atoms with van der Waals surface area (Å²) in [5.41, 5.74) is 12.3. The molecule has 0 aliphatic heterocycles. The molecule has 34 heteroatoms. The first kappa shape index (κ1) is 70.4. The summed E-state index contributed by atoms with van der Waals surface area (Å²) in [5, 5.41) is 65.4. The van der Waals surface area contributed by atoms with E-state index in [4.69, 9.17) is 19.1 Å². The number of furan rings is 1. The summed E-state index contributed by atoms with van der Waals surface area (Å²) in [6.45, 7) is 17.9. The smallest absolute Gasteiger partial charge is 0.271 e. The predicted molar refractivity (Wildman–Crippen MR) is 409 cm³/mol. The molecule has 0 saturated heterocycles. The molecule has 546 valence electrons. The highest BCUT2D eigenvalue weighted by molar-refractivity contribution is 5.81. The van der Waals surface area contributed by atoms with Crippen molar-refractivity contribution in [2.24, 2.45) is 0 Å². The van der Waals surface area contributed by atoms with Crippen molar-refractivity contribution in [2.75, 3.05) is 21.3 Å². The van der Waals surface area contributed by atoms with Crippen LogP contribution in [0.5, 0.6) is 5.75 Å². The van der Waals surface area contributed by atoms with Crippen molar-refractivity contribution in [1.82, 2.24) is 121 Å². The van der Waals surface area contributed by atoms with Crippen molar-refractivity contribution in [1.29, 1.82) is 0 Å². The van der Waals surface area contributed by atoms with Gasteiger partial charge in [-0.25, -0.2) is 39.9 Å². The van der Waals surface area contributed by atoms with E-state index in [9.17, 15) is 19.2 Å². The molecule has 0 unspecified atom stereocenters. The lowest BCUT2D eigenvalue weighted by atomic mass is 9.83. The standard InChI is InChI=1S/C20H17N7O3.C20H23N7O.2C17H17N7O/c1-11-7-17(22-18-9-15(25-26-18)16-3-2-6-29-16)23-19(21-11)10-30-12-4-5-14-13(8-12)20(28)27-24-14;1-5-13-10-16(22-17-8-11(2)24-26-17)23-19(21-13)20(3,4)12-6-7-14-15(9-12)25-27-18(14)28;2*1-9-5-14(20-16-6-10(2)21-23-16)19-15(18-9)8-11-3-4-12-13(7-11)22-24-17(12)25/h2-9H,10H2,1H3,(H2,24,27,28)(H2,21,22,23,25,26);6-10H,5H2,1-4H3,(H2,25,27,28)(H2,21,22,23,24,26);2*3-7H,8H2,1-2H3,(H2,22,24,25)(H2,18,19,20,21,23). The number of rotatable bonds is 19. The summed E-state index contributed by atoms with van der Waals surface area (Å²) < 4.78 is 11.1. The van der Waals surface area contributed by atoms with Crippen LogP contribution in [-0.2, 0) is 31.3 Å². The van der Waals surface area contributed by atoms with Gasteiger partial charge in [0.05, 0.1) is 49.9 Å². The maximum atomic E-state index is 11.8. The molecule has 16 N–H and O–H groups in total. The Kier molecular flexibility index (Phi) is 19.8. The Balaban J connectivity index is 0.000000121. The van der Waals surface area contributed by atoms with E-state index < -0.39 is 5.41 Å². The number of nitrogens with zero attached hydrogens (tertiary/aromatic N) is 12. The summed E-state index contributed by atoms with van der Waals surface area (Å²) in [7, 11) is 0. The average Bonchev–Trinajstić information content (AvgIpc) is 1.50. The summed E-state index contributed by atoms with van der Waals surface area (Å²) >= 11 is 0. The molecule has 108 heavy (non-hydrogen) atoms. The monoisotopic (exact) mass is 1450 g/mol. The zero-order valence-electron chi connectivity index (χ0n) is 59.9. The molecular formula is C74H74N28O6. The predicted octanol–water partition coefficient (Wildman–Crippen LogP) is 11.2. The van der Waals surface area contributed by atoms with Gasteiger partial charge < -0.3 is 30.4 Å². The fourth-order valence-corrected chi connectivity index (χ4v) is 11.8. The Morgan fingerprint density at radius 1 is 0.407 bits per heavy atom. The minimum absolute atomic E-state index is 0.117. The molecule has 0 atom stereocenters. The molecule has 0 radical (unpaired) electrons.